The maximum atomic E-state index is 9.59. The van der Waals surface area contributed by atoms with E-state index in [-0.39, 0.29) is 0 Å². The maximum absolute atomic E-state index is 9.59. The average molecular weight is 471 g/mol. The van der Waals surface area contributed by atoms with Crippen molar-refractivity contribution in [1.82, 2.24) is 4.98 Å². The molecule has 0 aliphatic carbocycles. The Labute approximate surface area is 168 Å². The molecule has 0 saturated carbocycles. The molecular formula is C20H14IN3O3. The van der Waals surface area contributed by atoms with E-state index in [2.05, 4.69) is 39.0 Å². The molecule has 134 valence electrons. The molecule has 0 atom stereocenters. The van der Waals surface area contributed by atoms with Gasteiger partial charge in [-0.25, -0.2) is 0 Å². The number of furan rings is 1. The van der Waals surface area contributed by atoms with Gasteiger partial charge in [-0.05, 0) is 46.9 Å². The molecule has 7 heteroatoms. The lowest BCUT2D eigenvalue weighted by molar-refractivity contribution is 0.356. The van der Waals surface area contributed by atoms with Crippen molar-refractivity contribution in [3.05, 3.63) is 51.9 Å². The third kappa shape index (κ3) is 2.92. The van der Waals surface area contributed by atoms with Crippen LogP contribution in [-0.2, 0) is 0 Å². The second-order valence-electron chi connectivity index (χ2n) is 5.77. The number of rotatable bonds is 4. The standard InChI is InChI=1S/C20H14IN3O3/c1-25-17-7-13-16(8-18(17)26-2)23-10-11(9-22)19(13)24-15-4-3-14(21)12-5-6-27-20(12)15/h3-8,10H,1-2H3,(H,23,24). The van der Waals surface area contributed by atoms with Gasteiger partial charge in [-0.2, -0.15) is 5.26 Å². The first-order chi connectivity index (χ1) is 13.2. The molecular weight excluding hydrogens is 457 g/mol. The predicted molar refractivity (Wildman–Crippen MR) is 112 cm³/mol. The van der Waals surface area contributed by atoms with Gasteiger partial charge in [0, 0.05) is 26.6 Å². The number of ether oxygens (including phenoxy) is 2. The van der Waals surface area contributed by atoms with E-state index < -0.39 is 0 Å². The van der Waals surface area contributed by atoms with Gasteiger partial charge in [0.15, 0.2) is 17.1 Å². The molecule has 4 aromatic rings. The summed E-state index contributed by atoms with van der Waals surface area (Å²) in [6.45, 7) is 0. The van der Waals surface area contributed by atoms with Gasteiger partial charge in [-0.3, -0.25) is 4.98 Å². The second-order valence-corrected chi connectivity index (χ2v) is 6.93. The number of hydrogen-bond donors (Lipinski definition) is 1. The molecule has 0 amide bonds. The van der Waals surface area contributed by atoms with Crippen molar-refractivity contribution in [1.29, 1.82) is 5.26 Å². The van der Waals surface area contributed by atoms with Crippen molar-refractivity contribution in [2.45, 2.75) is 0 Å². The average Bonchev–Trinajstić information content (AvgIpc) is 3.20. The maximum Gasteiger partial charge on any atom is 0.162 e. The lowest BCUT2D eigenvalue weighted by Crippen LogP contribution is -1.99. The molecule has 0 bridgehead atoms. The van der Waals surface area contributed by atoms with Gasteiger partial charge in [0.1, 0.15) is 6.07 Å². The molecule has 2 heterocycles. The number of halogens is 1. The number of anilines is 2. The van der Waals surface area contributed by atoms with Crippen molar-refractivity contribution in [3.8, 4) is 17.6 Å². The number of nitriles is 1. The predicted octanol–water partition coefficient (Wildman–Crippen LogP) is 5.22. The Bertz CT molecular complexity index is 1210. The zero-order valence-electron chi connectivity index (χ0n) is 14.5. The molecule has 0 aliphatic rings. The van der Waals surface area contributed by atoms with Crippen LogP contribution < -0.4 is 14.8 Å². The minimum Gasteiger partial charge on any atom is -0.493 e. The molecule has 1 N–H and O–H groups in total. The van der Waals surface area contributed by atoms with Gasteiger partial charge in [0.05, 0.1) is 42.9 Å². The smallest absolute Gasteiger partial charge is 0.162 e. The number of nitrogens with zero attached hydrogens (tertiary/aromatic N) is 2. The van der Waals surface area contributed by atoms with Crippen LogP contribution in [0.1, 0.15) is 5.56 Å². The molecule has 4 rings (SSSR count). The Balaban J connectivity index is 1.95. The van der Waals surface area contributed by atoms with Gasteiger partial charge < -0.3 is 19.2 Å². The molecule has 0 radical (unpaired) electrons. The second kappa shape index (κ2) is 6.96. The lowest BCUT2D eigenvalue weighted by Gasteiger charge is -2.14. The van der Waals surface area contributed by atoms with E-state index >= 15 is 0 Å². The summed E-state index contributed by atoms with van der Waals surface area (Å²) >= 11 is 2.27. The van der Waals surface area contributed by atoms with E-state index in [1.165, 1.54) is 0 Å². The summed E-state index contributed by atoms with van der Waals surface area (Å²) in [6, 6.07) is 11.7. The Morgan fingerprint density at radius 3 is 2.63 bits per heavy atom. The fourth-order valence-electron chi connectivity index (χ4n) is 3.00. The fraction of sp³-hybridized carbons (Fsp3) is 0.100. The number of pyridine rings is 1. The Hall–Kier alpha value is -2.99. The monoisotopic (exact) mass is 471 g/mol. The van der Waals surface area contributed by atoms with E-state index in [1.807, 2.05) is 24.3 Å². The number of nitrogens with one attached hydrogen (secondary N) is 1. The minimum atomic E-state index is 0.424. The molecule has 6 nitrogen and oxygen atoms in total. The van der Waals surface area contributed by atoms with Crippen molar-refractivity contribution >= 4 is 55.8 Å². The number of methoxy groups -OCH3 is 2. The molecule has 2 aromatic heterocycles. The number of aromatic nitrogens is 1. The van der Waals surface area contributed by atoms with Crippen molar-refractivity contribution in [2.75, 3.05) is 19.5 Å². The van der Waals surface area contributed by atoms with Crippen molar-refractivity contribution in [3.63, 3.8) is 0 Å². The zero-order valence-corrected chi connectivity index (χ0v) is 16.7. The Morgan fingerprint density at radius 1 is 1.11 bits per heavy atom. The van der Waals surface area contributed by atoms with Crippen LogP contribution in [0, 0.1) is 14.9 Å². The minimum absolute atomic E-state index is 0.424. The van der Waals surface area contributed by atoms with Crippen LogP contribution in [0.2, 0.25) is 0 Å². The lowest BCUT2D eigenvalue weighted by atomic mass is 10.1. The molecule has 2 aromatic carbocycles. The summed E-state index contributed by atoms with van der Waals surface area (Å²) in [5.41, 5.74) is 3.26. The normalized spacial score (nSPS) is 10.7. The van der Waals surface area contributed by atoms with Crippen molar-refractivity contribution in [2.24, 2.45) is 0 Å². The van der Waals surface area contributed by atoms with Crippen LogP contribution in [-0.4, -0.2) is 19.2 Å². The summed E-state index contributed by atoms with van der Waals surface area (Å²) < 4.78 is 17.5. The summed E-state index contributed by atoms with van der Waals surface area (Å²) in [7, 11) is 3.15. The van der Waals surface area contributed by atoms with Gasteiger partial charge >= 0.3 is 0 Å². The number of fused-ring (bicyclic) bond motifs is 2. The fourth-order valence-corrected chi connectivity index (χ4v) is 3.60. The highest BCUT2D eigenvalue weighted by Gasteiger charge is 2.16. The zero-order chi connectivity index (χ0) is 19.0. The van der Waals surface area contributed by atoms with Crippen LogP contribution in [0.3, 0.4) is 0 Å². The Morgan fingerprint density at radius 2 is 1.89 bits per heavy atom. The largest absolute Gasteiger partial charge is 0.493 e. The van der Waals surface area contributed by atoms with Gasteiger partial charge in [-0.15, -0.1) is 0 Å². The highest BCUT2D eigenvalue weighted by atomic mass is 127. The summed E-state index contributed by atoms with van der Waals surface area (Å²) in [6.07, 6.45) is 3.20. The van der Waals surface area contributed by atoms with Crippen LogP contribution in [0.25, 0.3) is 21.9 Å². The van der Waals surface area contributed by atoms with E-state index in [1.54, 1.807) is 32.7 Å². The van der Waals surface area contributed by atoms with E-state index in [4.69, 9.17) is 13.9 Å². The van der Waals surface area contributed by atoms with Gasteiger partial charge in [0.2, 0.25) is 0 Å². The van der Waals surface area contributed by atoms with Gasteiger partial charge in [-0.1, -0.05) is 0 Å². The van der Waals surface area contributed by atoms with Crippen LogP contribution in [0.15, 0.2) is 47.2 Å². The molecule has 0 aliphatic heterocycles. The van der Waals surface area contributed by atoms with E-state index in [9.17, 15) is 5.26 Å². The topological polar surface area (TPSA) is 80.3 Å². The first-order valence-electron chi connectivity index (χ1n) is 8.04. The van der Waals surface area contributed by atoms with Crippen molar-refractivity contribution < 1.29 is 13.9 Å². The summed E-state index contributed by atoms with van der Waals surface area (Å²) in [5, 5.41) is 14.7. The molecule has 0 spiro atoms. The Kier molecular flexibility index (Phi) is 4.49. The SMILES string of the molecule is COc1cc2ncc(C#N)c(Nc3ccc(I)c4ccoc34)c2cc1OC. The number of benzene rings is 2. The highest BCUT2D eigenvalue weighted by Crippen LogP contribution is 2.38. The number of hydrogen-bond acceptors (Lipinski definition) is 6. The van der Waals surface area contributed by atoms with Crippen LogP contribution >= 0.6 is 22.6 Å². The third-order valence-corrected chi connectivity index (χ3v) is 5.26. The first kappa shape index (κ1) is 17.4. The van der Waals surface area contributed by atoms with E-state index in [0.717, 1.165) is 25.6 Å². The highest BCUT2D eigenvalue weighted by molar-refractivity contribution is 14.1. The first-order valence-corrected chi connectivity index (χ1v) is 9.11. The van der Waals surface area contributed by atoms with E-state index in [0.29, 0.717) is 28.3 Å². The third-order valence-electron chi connectivity index (χ3n) is 4.32. The summed E-state index contributed by atoms with van der Waals surface area (Å²) in [4.78, 5) is 4.38. The molecule has 27 heavy (non-hydrogen) atoms. The molecule has 0 unspecified atom stereocenters. The van der Waals surface area contributed by atoms with Crippen LogP contribution in [0.5, 0.6) is 11.5 Å². The molecule has 0 saturated heterocycles. The van der Waals surface area contributed by atoms with Crippen LogP contribution in [0.4, 0.5) is 11.4 Å². The van der Waals surface area contributed by atoms with Gasteiger partial charge in [0.25, 0.3) is 0 Å². The quantitative estimate of drug-likeness (QED) is 0.412. The summed E-state index contributed by atoms with van der Waals surface area (Å²) in [5.74, 6) is 1.14. The molecule has 0 fully saturated rings.